The maximum Gasteiger partial charge on any atom is 0.126 e. The Morgan fingerprint density at radius 2 is 2.13 bits per heavy atom. The van der Waals surface area contributed by atoms with Gasteiger partial charge < -0.3 is 15.2 Å². The van der Waals surface area contributed by atoms with Crippen LogP contribution in [0.25, 0.3) is 0 Å². The van der Waals surface area contributed by atoms with E-state index in [2.05, 4.69) is 0 Å². The average Bonchev–Trinajstić information content (AvgIpc) is 2.20. The molecule has 0 aromatic heterocycles. The smallest absolute Gasteiger partial charge is 0.126 e. The Labute approximate surface area is 91.2 Å². The molecule has 0 spiro atoms. The molecule has 1 atom stereocenters. The molecule has 0 fully saturated rings. The van der Waals surface area contributed by atoms with E-state index in [-0.39, 0.29) is 6.04 Å². The van der Waals surface area contributed by atoms with Gasteiger partial charge in [0.05, 0.1) is 13.7 Å². The molecule has 0 saturated carbocycles. The first kappa shape index (κ1) is 11.9. The molecule has 0 radical (unpaired) electrons. The van der Waals surface area contributed by atoms with Gasteiger partial charge >= 0.3 is 0 Å². The Kier molecular flexibility index (Phi) is 4.43. The third-order valence-electron chi connectivity index (χ3n) is 2.12. The Morgan fingerprint density at radius 3 is 2.67 bits per heavy atom. The molecule has 0 aliphatic heterocycles. The molecule has 0 saturated heterocycles. The molecular weight excluding hydrogens is 190 g/mol. The van der Waals surface area contributed by atoms with Crippen LogP contribution in [0, 0.1) is 0 Å². The van der Waals surface area contributed by atoms with Crippen molar-refractivity contribution in [3.8, 4) is 11.5 Å². The zero-order valence-electron chi connectivity index (χ0n) is 9.62. The van der Waals surface area contributed by atoms with E-state index in [0.717, 1.165) is 23.5 Å². The van der Waals surface area contributed by atoms with Gasteiger partial charge in [-0.2, -0.15) is 0 Å². The maximum atomic E-state index is 5.77. The monoisotopic (exact) mass is 209 g/mol. The van der Waals surface area contributed by atoms with Crippen molar-refractivity contribution in [1.29, 1.82) is 0 Å². The molecule has 1 rings (SSSR count). The lowest BCUT2D eigenvalue weighted by molar-refractivity contribution is 0.332. The molecule has 1 unspecified atom stereocenters. The lowest BCUT2D eigenvalue weighted by atomic mass is 10.1. The highest BCUT2D eigenvalue weighted by atomic mass is 16.5. The molecule has 2 N–H and O–H groups in total. The van der Waals surface area contributed by atoms with E-state index in [4.69, 9.17) is 15.2 Å². The van der Waals surface area contributed by atoms with Gasteiger partial charge in [-0.15, -0.1) is 0 Å². The normalized spacial score (nSPS) is 12.3. The second-order valence-corrected chi connectivity index (χ2v) is 3.59. The largest absolute Gasteiger partial charge is 0.497 e. The van der Waals surface area contributed by atoms with Crippen molar-refractivity contribution in [2.45, 2.75) is 26.3 Å². The number of methoxy groups -OCH3 is 1. The topological polar surface area (TPSA) is 44.5 Å². The molecule has 0 heterocycles. The first-order valence-corrected chi connectivity index (χ1v) is 5.22. The summed E-state index contributed by atoms with van der Waals surface area (Å²) in [5.41, 5.74) is 6.91. The number of ether oxygens (including phenoxy) is 2. The van der Waals surface area contributed by atoms with Gasteiger partial charge in [0.2, 0.25) is 0 Å². The van der Waals surface area contributed by atoms with Gasteiger partial charge in [-0.3, -0.25) is 0 Å². The van der Waals surface area contributed by atoms with Gasteiger partial charge in [0, 0.05) is 12.1 Å². The molecule has 0 bridgehead atoms. The highest BCUT2D eigenvalue weighted by molar-refractivity contribution is 5.41. The second-order valence-electron chi connectivity index (χ2n) is 3.59. The Morgan fingerprint density at radius 1 is 1.40 bits per heavy atom. The summed E-state index contributed by atoms with van der Waals surface area (Å²) >= 11 is 0. The fraction of sp³-hybridized carbons (Fsp3) is 0.500. The molecule has 84 valence electrons. The van der Waals surface area contributed by atoms with E-state index in [1.165, 1.54) is 0 Å². The maximum absolute atomic E-state index is 5.77. The van der Waals surface area contributed by atoms with Crippen LogP contribution >= 0.6 is 0 Å². The zero-order valence-corrected chi connectivity index (χ0v) is 9.62. The van der Waals surface area contributed by atoms with E-state index in [9.17, 15) is 0 Å². The molecule has 1 aromatic carbocycles. The first-order chi connectivity index (χ1) is 7.17. The van der Waals surface area contributed by atoms with Gasteiger partial charge in [-0.1, -0.05) is 6.07 Å². The predicted molar refractivity (Wildman–Crippen MR) is 61.5 cm³/mol. The standard InChI is InChI=1S/C12H19NO2/c1-4-15-12-8-11(14-3)6-5-10(12)7-9(2)13/h5-6,8-9H,4,7,13H2,1-3H3. The third-order valence-corrected chi connectivity index (χ3v) is 2.12. The average molecular weight is 209 g/mol. The third kappa shape index (κ3) is 3.44. The van der Waals surface area contributed by atoms with E-state index in [1.54, 1.807) is 7.11 Å². The van der Waals surface area contributed by atoms with Crippen LogP contribution < -0.4 is 15.2 Å². The van der Waals surface area contributed by atoms with Crippen LogP contribution in [0.3, 0.4) is 0 Å². The van der Waals surface area contributed by atoms with Gasteiger partial charge in [-0.25, -0.2) is 0 Å². The molecule has 0 aliphatic carbocycles. The molecule has 0 aliphatic rings. The van der Waals surface area contributed by atoms with Crippen molar-refractivity contribution in [3.05, 3.63) is 23.8 Å². The highest BCUT2D eigenvalue weighted by Gasteiger charge is 2.07. The number of nitrogens with two attached hydrogens (primary N) is 1. The summed E-state index contributed by atoms with van der Waals surface area (Å²) in [6.45, 7) is 4.61. The molecule has 15 heavy (non-hydrogen) atoms. The summed E-state index contributed by atoms with van der Waals surface area (Å²) in [5.74, 6) is 1.68. The minimum absolute atomic E-state index is 0.137. The van der Waals surface area contributed by atoms with E-state index < -0.39 is 0 Å². The van der Waals surface area contributed by atoms with Crippen LogP contribution in [-0.4, -0.2) is 19.8 Å². The lowest BCUT2D eigenvalue weighted by Gasteiger charge is -2.13. The summed E-state index contributed by atoms with van der Waals surface area (Å²) in [4.78, 5) is 0. The van der Waals surface area contributed by atoms with Crippen molar-refractivity contribution in [2.75, 3.05) is 13.7 Å². The van der Waals surface area contributed by atoms with E-state index in [1.807, 2.05) is 32.0 Å². The molecule has 0 amide bonds. The Bertz CT molecular complexity index is 310. The van der Waals surface area contributed by atoms with Crippen molar-refractivity contribution in [2.24, 2.45) is 5.73 Å². The minimum atomic E-state index is 0.137. The first-order valence-electron chi connectivity index (χ1n) is 5.22. The van der Waals surface area contributed by atoms with Crippen molar-refractivity contribution < 1.29 is 9.47 Å². The van der Waals surface area contributed by atoms with Crippen molar-refractivity contribution in [1.82, 2.24) is 0 Å². The van der Waals surface area contributed by atoms with Crippen LogP contribution in [0.15, 0.2) is 18.2 Å². The van der Waals surface area contributed by atoms with Gasteiger partial charge in [0.25, 0.3) is 0 Å². The van der Waals surface area contributed by atoms with Gasteiger partial charge in [0.1, 0.15) is 11.5 Å². The van der Waals surface area contributed by atoms with Crippen LogP contribution in [0.4, 0.5) is 0 Å². The van der Waals surface area contributed by atoms with Gasteiger partial charge in [0.15, 0.2) is 0 Å². The lowest BCUT2D eigenvalue weighted by Crippen LogP contribution is -2.18. The minimum Gasteiger partial charge on any atom is -0.497 e. The Balaban J connectivity index is 2.92. The molecule has 3 heteroatoms. The van der Waals surface area contributed by atoms with E-state index in [0.29, 0.717) is 6.61 Å². The van der Waals surface area contributed by atoms with Crippen molar-refractivity contribution >= 4 is 0 Å². The quantitative estimate of drug-likeness (QED) is 0.806. The Hall–Kier alpha value is -1.22. The SMILES string of the molecule is CCOc1cc(OC)ccc1CC(C)N. The second kappa shape index (κ2) is 5.61. The van der Waals surface area contributed by atoms with Crippen molar-refractivity contribution in [3.63, 3.8) is 0 Å². The predicted octanol–water partition coefficient (Wildman–Crippen LogP) is 1.98. The molecule has 1 aromatic rings. The highest BCUT2D eigenvalue weighted by Crippen LogP contribution is 2.25. The summed E-state index contributed by atoms with van der Waals surface area (Å²) < 4.78 is 10.7. The summed E-state index contributed by atoms with van der Waals surface area (Å²) in [6, 6.07) is 5.98. The summed E-state index contributed by atoms with van der Waals surface area (Å²) in [6.07, 6.45) is 0.819. The van der Waals surface area contributed by atoms with Gasteiger partial charge in [-0.05, 0) is 31.9 Å². The molecular formula is C12H19NO2. The fourth-order valence-electron chi connectivity index (χ4n) is 1.47. The zero-order chi connectivity index (χ0) is 11.3. The van der Waals surface area contributed by atoms with Crippen LogP contribution in [-0.2, 0) is 6.42 Å². The molecule has 3 nitrogen and oxygen atoms in total. The van der Waals surface area contributed by atoms with Crippen LogP contribution in [0.5, 0.6) is 11.5 Å². The number of hydrogen-bond acceptors (Lipinski definition) is 3. The number of benzene rings is 1. The summed E-state index contributed by atoms with van der Waals surface area (Å²) in [7, 11) is 1.65. The summed E-state index contributed by atoms with van der Waals surface area (Å²) in [5, 5.41) is 0. The fourth-order valence-corrected chi connectivity index (χ4v) is 1.47. The van der Waals surface area contributed by atoms with Crippen LogP contribution in [0.1, 0.15) is 19.4 Å². The van der Waals surface area contributed by atoms with E-state index >= 15 is 0 Å². The number of hydrogen-bond donors (Lipinski definition) is 1. The van der Waals surface area contributed by atoms with Crippen LogP contribution in [0.2, 0.25) is 0 Å². The number of rotatable bonds is 5.